The Hall–Kier alpha value is -1.18. The van der Waals surface area contributed by atoms with Crippen LogP contribution in [0.25, 0.3) is 0 Å². The zero-order valence-electron chi connectivity index (χ0n) is 10.3. The van der Waals surface area contributed by atoms with Gasteiger partial charge in [-0.3, -0.25) is 0 Å². The maximum atomic E-state index is 12.3. The number of aromatic nitrogens is 1. The Morgan fingerprint density at radius 2 is 2.17 bits per heavy atom. The molecule has 1 aliphatic heterocycles. The van der Waals surface area contributed by atoms with Gasteiger partial charge in [-0.05, 0) is 18.6 Å². The third-order valence-electron chi connectivity index (χ3n) is 2.81. The fraction of sp³-hybridized carbons (Fsp3) is 0.545. The second-order valence-corrected chi connectivity index (χ2v) is 5.94. The second-order valence-electron chi connectivity index (χ2n) is 4.00. The third kappa shape index (κ3) is 2.80. The number of rotatable bonds is 3. The number of sulfonamides is 1. The van der Waals surface area contributed by atoms with Gasteiger partial charge in [-0.25, -0.2) is 13.4 Å². The summed E-state index contributed by atoms with van der Waals surface area (Å²) >= 11 is 0. The molecule has 0 bridgehead atoms. The van der Waals surface area contributed by atoms with E-state index >= 15 is 0 Å². The van der Waals surface area contributed by atoms with E-state index in [1.54, 1.807) is 19.2 Å². The fourth-order valence-corrected chi connectivity index (χ4v) is 3.20. The minimum atomic E-state index is -3.45. The van der Waals surface area contributed by atoms with Crippen molar-refractivity contribution in [3.05, 3.63) is 18.3 Å². The van der Waals surface area contributed by atoms with Crippen molar-refractivity contribution >= 4 is 15.8 Å². The molecule has 1 N–H and O–H groups in total. The lowest BCUT2D eigenvalue weighted by molar-refractivity contribution is 0.148. The molecule has 0 aromatic carbocycles. The second kappa shape index (κ2) is 5.64. The van der Waals surface area contributed by atoms with Crippen molar-refractivity contribution in [1.82, 2.24) is 9.29 Å². The first-order valence-corrected chi connectivity index (χ1v) is 7.30. The van der Waals surface area contributed by atoms with Gasteiger partial charge in [0.05, 0.1) is 6.61 Å². The maximum absolute atomic E-state index is 12.3. The average molecular weight is 271 g/mol. The van der Waals surface area contributed by atoms with E-state index in [4.69, 9.17) is 4.74 Å². The lowest BCUT2D eigenvalue weighted by Gasteiger charge is -2.19. The maximum Gasteiger partial charge on any atom is 0.244 e. The van der Waals surface area contributed by atoms with Gasteiger partial charge in [-0.1, -0.05) is 0 Å². The monoisotopic (exact) mass is 271 g/mol. The molecule has 0 unspecified atom stereocenters. The number of nitrogens with one attached hydrogen (secondary N) is 1. The molecule has 0 radical (unpaired) electrons. The van der Waals surface area contributed by atoms with E-state index in [0.29, 0.717) is 32.1 Å². The van der Waals surface area contributed by atoms with Gasteiger partial charge in [0.2, 0.25) is 10.0 Å². The molecule has 1 saturated heterocycles. The van der Waals surface area contributed by atoms with E-state index in [1.807, 2.05) is 0 Å². The molecule has 0 spiro atoms. The summed E-state index contributed by atoms with van der Waals surface area (Å²) in [5, 5.41) is 2.86. The van der Waals surface area contributed by atoms with Crippen molar-refractivity contribution in [2.45, 2.75) is 11.3 Å². The van der Waals surface area contributed by atoms with Gasteiger partial charge in [0.15, 0.2) is 0 Å². The molecule has 1 aromatic heterocycles. The van der Waals surface area contributed by atoms with Crippen molar-refractivity contribution in [1.29, 1.82) is 0 Å². The average Bonchev–Trinajstić information content (AvgIpc) is 2.68. The SMILES string of the molecule is CNc1ccc(S(=O)(=O)N2CCCOCC2)cn1. The van der Waals surface area contributed by atoms with Crippen molar-refractivity contribution in [3.8, 4) is 0 Å². The summed E-state index contributed by atoms with van der Waals surface area (Å²) < 4.78 is 31.4. The summed E-state index contributed by atoms with van der Waals surface area (Å²) in [6.07, 6.45) is 2.11. The Bertz CT molecular complexity index is 479. The largest absolute Gasteiger partial charge is 0.380 e. The summed E-state index contributed by atoms with van der Waals surface area (Å²) in [6, 6.07) is 3.22. The molecule has 0 saturated carbocycles. The van der Waals surface area contributed by atoms with Crippen LogP contribution in [0, 0.1) is 0 Å². The van der Waals surface area contributed by atoms with Crippen LogP contribution >= 0.6 is 0 Å². The lowest BCUT2D eigenvalue weighted by Crippen LogP contribution is -2.33. The summed E-state index contributed by atoms with van der Waals surface area (Å²) in [5.41, 5.74) is 0. The predicted octanol–water partition coefficient (Wildman–Crippen LogP) is 0.534. The van der Waals surface area contributed by atoms with Crippen LogP contribution in [0.15, 0.2) is 23.2 Å². The van der Waals surface area contributed by atoms with E-state index < -0.39 is 10.0 Å². The molecular formula is C11H17N3O3S. The molecule has 6 nitrogen and oxygen atoms in total. The molecule has 2 heterocycles. The molecule has 1 aromatic rings. The van der Waals surface area contributed by atoms with Gasteiger partial charge in [0.25, 0.3) is 0 Å². The lowest BCUT2D eigenvalue weighted by atomic mass is 10.4. The molecule has 0 atom stereocenters. The first-order valence-electron chi connectivity index (χ1n) is 5.86. The topological polar surface area (TPSA) is 71.5 Å². The predicted molar refractivity (Wildman–Crippen MR) is 68.0 cm³/mol. The zero-order valence-corrected chi connectivity index (χ0v) is 11.1. The number of hydrogen-bond acceptors (Lipinski definition) is 5. The first-order chi connectivity index (χ1) is 8.64. The highest BCUT2D eigenvalue weighted by molar-refractivity contribution is 7.89. The number of ether oxygens (including phenoxy) is 1. The van der Waals surface area contributed by atoms with Crippen LogP contribution in [-0.4, -0.2) is 51.1 Å². The minimum absolute atomic E-state index is 0.225. The zero-order chi connectivity index (χ0) is 13.0. The van der Waals surface area contributed by atoms with Gasteiger partial charge in [0.1, 0.15) is 10.7 Å². The number of anilines is 1. The summed E-state index contributed by atoms with van der Waals surface area (Å²) in [4.78, 5) is 4.26. The Kier molecular flexibility index (Phi) is 4.15. The highest BCUT2D eigenvalue weighted by Gasteiger charge is 2.25. The Labute approximate surface area is 107 Å². The molecule has 1 fully saturated rings. The molecule has 18 heavy (non-hydrogen) atoms. The number of hydrogen-bond donors (Lipinski definition) is 1. The molecule has 0 aliphatic carbocycles. The quantitative estimate of drug-likeness (QED) is 0.868. The first kappa shape index (κ1) is 13.3. The molecule has 2 rings (SSSR count). The fourth-order valence-electron chi connectivity index (χ4n) is 1.79. The van der Waals surface area contributed by atoms with Gasteiger partial charge in [0, 0.05) is 32.9 Å². The Balaban J connectivity index is 2.22. The molecular weight excluding hydrogens is 254 g/mol. The Morgan fingerprint density at radius 1 is 1.33 bits per heavy atom. The van der Waals surface area contributed by atoms with Crippen LogP contribution in [0.2, 0.25) is 0 Å². The van der Waals surface area contributed by atoms with Crippen LogP contribution in [-0.2, 0) is 14.8 Å². The van der Waals surface area contributed by atoms with Crippen LogP contribution in [0.5, 0.6) is 0 Å². The van der Waals surface area contributed by atoms with Crippen molar-refractivity contribution in [3.63, 3.8) is 0 Å². The van der Waals surface area contributed by atoms with Gasteiger partial charge in [-0.2, -0.15) is 4.31 Å². The standard InChI is InChI=1S/C11H17N3O3S/c1-12-11-4-3-10(9-13-11)18(15,16)14-5-2-7-17-8-6-14/h3-4,9H,2,5-8H2,1H3,(H,12,13). The van der Waals surface area contributed by atoms with E-state index in [-0.39, 0.29) is 4.90 Å². The number of nitrogens with zero attached hydrogens (tertiary/aromatic N) is 2. The van der Waals surface area contributed by atoms with Crippen molar-refractivity contribution in [2.75, 3.05) is 38.7 Å². The summed E-state index contributed by atoms with van der Waals surface area (Å²) in [6.45, 7) is 1.95. The number of pyridine rings is 1. The van der Waals surface area contributed by atoms with E-state index in [9.17, 15) is 8.42 Å². The van der Waals surface area contributed by atoms with Gasteiger partial charge in [-0.15, -0.1) is 0 Å². The molecule has 100 valence electrons. The van der Waals surface area contributed by atoms with Crippen LogP contribution in [0.1, 0.15) is 6.42 Å². The van der Waals surface area contributed by atoms with Crippen molar-refractivity contribution < 1.29 is 13.2 Å². The van der Waals surface area contributed by atoms with Gasteiger partial charge >= 0.3 is 0 Å². The third-order valence-corrected chi connectivity index (χ3v) is 4.69. The van der Waals surface area contributed by atoms with Crippen LogP contribution < -0.4 is 5.32 Å². The summed E-state index contributed by atoms with van der Waals surface area (Å²) in [5.74, 6) is 0.646. The van der Waals surface area contributed by atoms with E-state index in [1.165, 1.54) is 10.5 Å². The summed E-state index contributed by atoms with van der Waals surface area (Å²) in [7, 11) is -1.71. The highest BCUT2D eigenvalue weighted by Crippen LogP contribution is 2.17. The van der Waals surface area contributed by atoms with Crippen LogP contribution in [0.4, 0.5) is 5.82 Å². The molecule has 0 amide bonds. The molecule has 1 aliphatic rings. The highest BCUT2D eigenvalue weighted by atomic mass is 32.2. The molecule has 7 heteroatoms. The Morgan fingerprint density at radius 3 is 2.83 bits per heavy atom. The van der Waals surface area contributed by atoms with Gasteiger partial charge < -0.3 is 10.1 Å². The normalized spacial score (nSPS) is 18.3. The minimum Gasteiger partial charge on any atom is -0.380 e. The smallest absolute Gasteiger partial charge is 0.244 e. The van der Waals surface area contributed by atoms with E-state index in [0.717, 1.165) is 6.42 Å². The van der Waals surface area contributed by atoms with E-state index in [2.05, 4.69) is 10.3 Å². The van der Waals surface area contributed by atoms with Crippen molar-refractivity contribution in [2.24, 2.45) is 0 Å². The van der Waals surface area contributed by atoms with Crippen LogP contribution in [0.3, 0.4) is 0 Å².